The van der Waals surface area contributed by atoms with Crippen LogP contribution in [-0.4, -0.2) is 39.2 Å². The summed E-state index contributed by atoms with van der Waals surface area (Å²) in [5, 5.41) is 26.8. The van der Waals surface area contributed by atoms with Gasteiger partial charge in [-0.15, -0.1) is 0 Å². The summed E-state index contributed by atoms with van der Waals surface area (Å²) in [6.45, 7) is 6.74. The fourth-order valence-electron chi connectivity index (χ4n) is 2.08. The van der Waals surface area contributed by atoms with Gasteiger partial charge < -0.3 is 15.7 Å². The minimum absolute atomic E-state index is 0.121. The Bertz CT molecular complexity index is 465. The van der Waals surface area contributed by atoms with E-state index >= 15 is 0 Å². The molecule has 0 bridgehead atoms. The average molecular weight is 297 g/mol. The van der Waals surface area contributed by atoms with Crippen LogP contribution < -0.4 is 10.6 Å². The smallest absolute Gasteiger partial charge is 0.329 e. The van der Waals surface area contributed by atoms with Crippen molar-refractivity contribution in [2.75, 3.05) is 23.7 Å². The van der Waals surface area contributed by atoms with Gasteiger partial charge in [0.05, 0.1) is 11.0 Å². The molecule has 0 saturated carbocycles. The van der Waals surface area contributed by atoms with E-state index in [-0.39, 0.29) is 24.0 Å². The van der Waals surface area contributed by atoms with Crippen LogP contribution in [0.1, 0.15) is 33.6 Å². The van der Waals surface area contributed by atoms with Crippen LogP contribution in [0.5, 0.6) is 0 Å². The molecule has 0 saturated heterocycles. The van der Waals surface area contributed by atoms with Crippen LogP contribution in [0.15, 0.2) is 6.20 Å². The van der Waals surface area contributed by atoms with Crippen LogP contribution in [0, 0.1) is 16.0 Å². The maximum absolute atomic E-state index is 11.0. The molecule has 1 aromatic rings. The van der Waals surface area contributed by atoms with E-state index in [2.05, 4.69) is 20.6 Å². The molecule has 1 heterocycles. The normalized spacial score (nSPS) is 12.2. The summed E-state index contributed by atoms with van der Waals surface area (Å²) in [5.74, 6) is 0.602. The lowest BCUT2D eigenvalue weighted by atomic mass is 9.96. The number of nitro groups is 1. The molecule has 1 atom stereocenters. The fourth-order valence-corrected chi connectivity index (χ4v) is 2.08. The zero-order valence-corrected chi connectivity index (χ0v) is 12.7. The van der Waals surface area contributed by atoms with Crippen molar-refractivity contribution in [2.45, 2.75) is 39.7 Å². The minimum Gasteiger partial charge on any atom is -0.391 e. The standard InChI is InChI=1S/C13H23N5O3/c1-4-9(5-2)11(19)8-15-12-10(18(20)21)7-16-13(17-12)14-6-3/h7,9,11,19H,4-6,8H2,1-3H3,(H2,14,15,16,17). The molecular weight excluding hydrogens is 274 g/mol. The van der Waals surface area contributed by atoms with Crippen molar-refractivity contribution in [2.24, 2.45) is 5.92 Å². The SMILES string of the molecule is CCNc1ncc([N+](=O)[O-])c(NCC(O)C(CC)CC)n1. The van der Waals surface area contributed by atoms with Gasteiger partial charge in [-0.2, -0.15) is 4.98 Å². The molecule has 1 aromatic heterocycles. The van der Waals surface area contributed by atoms with Crippen molar-refractivity contribution in [3.05, 3.63) is 16.3 Å². The summed E-state index contributed by atoms with van der Waals surface area (Å²) in [7, 11) is 0. The monoisotopic (exact) mass is 297 g/mol. The van der Waals surface area contributed by atoms with Gasteiger partial charge in [0.1, 0.15) is 6.20 Å². The van der Waals surface area contributed by atoms with Crippen LogP contribution in [0.25, 0.3) is 0 Å². The molecule has 0 spiro atoms. The summed E-state index contributed by atoms with van der Waals surface area (Å²) in [5.41, 5.74) is -0.201. The molecule has 0 amide bonds. The van der Waals surface area contributed by atoms with Crippen molar-refractivity contribution < 1.29 is 10.0 Å². The number of aromatic nitrogens is 2. The average Bonchev–Trinajstić information content (AvgIpc) is 2.46. The van der Waals surface area contributed by atoms with Crippen LogP contribution in [0.4, 0.5) is 17.5 Å². The molecule has 0 aliphatic heterocycles. The summed E-state index contributed by atoms with van der Waals surface area (Å²) in [6.07, 6.45) is 2.30. The van der Waals surface area contributed by atoms with Crippen molar-refractivity contribution >= 4 is 17.5 Å². The number of aliphatic hydroxyl groups excluding tert-OH is 1. The summed E-state index contributed by atoms with van der Waals surface area (Å²) in [4.78, 5) is 18.4. The number of aliphatic hydroxyl groups is 1. The van der Waals surface area contributed by atoms with E-state index < -0.39 is 11.0 Å². The van der Waals surface area contributed by atoms with E-state index in [9.17, 15) is 15.2 Å². The van der Waals surface area contributed by atoms with Gasteiger partial charge in [0.2, 0.25) is 11.8 Å². The maximum Gasteiger partial charge on any atom is 0.329 e. The Labute approximate surface area is 124 Å². The number of nitrogens with one attached hydrogen (secondary N) is 2. The second kappa shape index (κ2) is 8.35. The molecule has 1 unspecified atom stereocenters. The second-order valence-electron chi connectivity index (χ2n) is 4.74. The van der Waals surface area contributed by atoms with E-state index in [1.165, 1.54) is 0 Å². The number of rotatable bonds is 9. The summed E-state index contributed by atoms with van der Waals surface area (Å²) >= 11 is 0. The highest BCUT2D eigenvalue weighted by atomic mass is 16.6. The molecule has 8 nitrogen and oxygen atoms in total. The second-order valence-corrected chi connectivity index (χ2v) is 4.74. The molecule has 0 aliphatic rings. The van der Waals surface area contributed by atoms with E-state index in [1.54, 1.807) is 0 Å². The van der Waals surface area contributed by atoms with Gasteiger partial charge >= 0.3 is 5.69 Å². The lowest BCUT2D eigenvalue weighted by Gasteiger charge is -2.20. The molecule has 0 aromatic carbocycles. The summed E-state index contributed by atoms with van der Waals surface area (Å²) < 4.78 is 0. The first-order valence-corrected chi connectivity index (χ1v) is 7.20. The Morgan fingerprint density at radius 1 is 1.33 bits per heavy atom. The van der Waals surface area contributed by atoms with Crippen LogP contribution in [-0.2, 0) is 0 Å². The van der Waals surface area contributed by atoms with Crippen molar-refractivity contribution in [1.82, 2.24) is 9.97 Å². The molecule has 21 heavy (non-hydrogen) atoms. The molecule has 1 rings (SSSR count). The molecule has 0 radical (unpaired) electrons. The number of hydrogen-bond acceptors (Lipinski definition) is 7. The third kappa shape index (κ3) is 4.82. The van der Waals surface area contributed by atoms with Gasteiger partial charge in [-0.1, -0.05) is 26.7 Å². The van der Waals surface area contributed by atoms with Gasteiger partial charge in [0, 0.05) is 13.1 Å². The Hall–Kier alpha value is -1.96. The van der Waals surface area contributed by atoms with E-state index in [4.69, 9.17) is 0 Å². The zero-order chi connectivity index (χ0) is 15.8. The Morgan fingerprint density at radius 2 is 2.00 bits per heavy atom. The molecular formula is C13H23N5O3. The minimum atomic E-state index is -0.572. The Kier molecular flexibility index (Phi) is 6.80. The van der Waals surface area contributed by atoms with Gasteiger partial charge in [-0.25, -0.2) is 4.98 Å². The van der Waals surface area contributed by atoms with Crippen molar-refractivity contribution in [3.63, 3.8) is 0 Å². The van der Waals surface area contributed by atoms with Crippen LogP contribution in [0.2, 0.25) is 0 Å². The lowest BCUT2D eigenvalue weighted by Crippen LogP contribution is -2.28. The van der Waals surface area contributed by atoms with Gasteiger partial charge in [0.15, 0.2) is 0 Å². The molecule has 0 aliphatic carbocycles. The predicted molar refractivity (Wildman–Crippen MR) is 81.4 cm³/mol. The molecule has 0 fully saturated rings. The van der Waals surface area contributed by atoms with Crippen molar-refractivity contribution in [3.8, 4) is 0 Å². The highest BCUT2D eigenvalue weighted by Crippen LogP contribution is 2.22. The topological polar surface area (TPSA) is 113 Å². The zero-order valence-electron chi connectivity index (χ0n) is 12.7. The fraction of sp³-hybridized carbons (Fsp3) is 0.692. The Balaban J connectivity index is 2.84. The van der Waals surface area contributed by atoms with Gasteiger partial charge in [-0.05, 0) is 12.8 Å². The molecule has 118 valence electrons. The lowest BCUT2D eigenvalue weighted by molar-refractivity contribution is -0.384. The highest BCUT2D eigenvalue weighted by Gasteiger charge is 2.20. The third-order valence-electron chi connectivity index (χ3n) is 3.37. The van der Waals surface area contributed by atoms with E-state index in [0.717, 1.165) is 19.0 Å². The van der Waals surface area contributed by atoms with Gasteiger partial charge in [0.25, 0.3) is 0 Å². The third-order valence-corrected chi connectivity index (χ3v) is 3.37. The van der Waals surface area contributed by atoms with Gasteiger partial charge in [-0.3, -0.25) is 10.1 Å². The molecule has 8 heteroatoms. The predicted octanol–water partition coefficient (Wildman–Crippen LogP) is 2.03. The first kappa shape index (κ1) is 17.1. The van der Waals surface area contributed by atoms with Crippen molar-refractivity contribution in [1.29, 1.82) is 0 Å². The molecule has 3 N–H and O–H groups in total. The first-order chi connectivity index (χ1) is 10.0. The number of hydrogen-bond donors (Lipinski definition) is 3. The van der Waals surface area contributed by atoms with Crippen LogP contribution >= 0.6 is 0 Å². The van der Waals surface area contributed by atoms with Crippen LogP contribution in [0.3, 0.4) is 0 Å². The number of nitrogens with zero attached hydrogens (tertiary/aromatic N) is 3. The first-order valence-electron chi connectivity index (χ1n) is 7.20. The van der Waals surface area contributed by atoms with E-state index in [0.29, 0.717) is 12.5 Å². The Morgan fingerprint density at radius 3 is 2.52 bits per heavy atom. The summed E-state index contributed by atoms with van der Waals surface area (Å²) in [6, 6.07) is 0. The van der Waals surface area contributed by atoms with E-state index in [1.807, 2.05) is 20.8 Å². The number of anilines is 2. The quantitative estimate of drug-likeness (QED) is 0.472. The maximum atomic E-state index is 11.0. The highest BCUT2D eigenvalue weighted by molar-refractivity contribution is 5.56. The largest absolute Gasteiger partial charge is 0.391 e.